The van der Waals surface area contributed by atoms with E-state index in [4.69, 9.17) is 4.74 Å². The number of rotatable bonds is 1. The molecule has 1 amide bonds. The number of ether oxygens (including phenoxy) is 2. The maximum atomic E-state index is 12.0. The minimum Gasteiger partial charge on any atom is -0.464 e. The lowest BCUT2D eigenvalue weighted by Gasteiger charge is -2.29. The Balaban J connectivity index is 2.09. The van der Waals surface area contributed by atoms with E-state index in [-0.39, 0.29) is 6.09 Å². The predicted molar refractivity (Wildman–Crippen MR) is 73.8 cm³/mol. The zero-order valence-corrected chi connectivity index (χ0v) is 12.9. The molecule has 0 saturated heterocycles. The largest absolute Gasteiger partial charge is 0.464 e. The normalized spacial score (nSPS) is 14.7. The summed E-state index contributed by atoms with van der Waals surface area (Å²) < 4.78 is 10.0. The Bertz CT molecular complexity index is 533. The maximum Gasteiger partial charge on any atom is 0.410 e. The molecule has 2 rings (SSSR count). The molecule has 2 heterocycles. The molecule has 0 aliphatic carbocycles. The van der Waals surface area contributed by atoms with Crippen LogP contribution in [0.1, 0.15) is 41.1 Å². The van der Waals surface area contributed by atoms with E-state index in [1.54, 1.807) is 4.90 Å². The zero-order chi connectivity index (χ0) is 14.9. The minimum absolute atomic E-state index is 0.337. The molecule has 0 bridgehead atoms. The van der Waals surface area contributed by atoms with Gasteiger partial charge in [-0.25, -0.2) is 14.6 Å². The lowest BCUT2D eigenvalue weighted by molar-refractivity contribution is 0.0225. The molecule has 0 unspecified atom stereocenters. The van der Waals surface area contributed by atoms with Crippen molar-refractivity contribution in [3.63, 3.8) is 0 Å². The molecule has 0 atom stereocenters. The topological polar surface area (TPSA) is 68.7 Å². The molecule has 1 aromatic rings. The summed E-state index contributed by atoms with van der Waals surface area (Å²) in [5.74, 6) is -0.437. The SMILES string of the molecule is COC(=O)c1nc2c(s1)CN(C(=O)OC(C)(C)C)CC2. The number of methoxy groups -OCH3 is 1. The summed E-state index contributed by atoms with van der Waals surface area (Å²) in [4.78, 5) is 30.3. The Morgan fingerprint density at radius 1 is 1.35 bits per heavy atom. The molecule has 0 spiro atoms. The molecule has 1 aliphatic rings. The van der Waals surface area contributed by atoms with Gasteiger partial charge in [0.15, 0.2) is 0 Å². The van der Waals surface area contributed by atoms with Crippen molar-refractivity contribution in [3.05, 3.63) is 15.6 Å². The molecular formula is C13H18N2O4S. The van der Waals surface area contributed by atoms with Gasteiger partial charge in [-0.05, 0) is 20.8 Å². The van der Waals surface area contributed by atoms with Crippen LogP contribution in [0, 0.1) is 0 Å². The highest BCUT2D eigenvalue weighted by molar-refractivity contribution is 7.13. The number of fused-ring (bicyclic) bond motifs is 1. The second kappa shape index (κ2) is 5.40. The monoisotopic (exact) mass is 298 g/mol. The number of thiazole rings is 1. The van der Waals surface area contributed by atoms with Crippen LogP contribution in [0.25, 0.3) is 0 Å². The number of hydrogen-bond donors (Lipinski definition) is 0. The van der Waals surface area contributed by atoms with Gasteiger partial charge in [-0.1, -0.05) is 0 Å². The van der Waals surface area contributed by atoms with Crippen LogP contribution in [-0.2, 0) is 22.4 Å². The van der Waals surface area contributed by atoms with Crippen LogP contribution >= 0.6 is 11.3 Å². The lowest BCUT2D eigenvalue weighted by atomic mass is 10.2. The predicted octanol–water partition coefficient (Wildman–Crippen LogP) is 2.22. The van der Waals surface area contributed by atoms with Crippen LogP contribution in [0.5, 0.6) is 0 Å². The van der Waals surface area contributed by atoms with Gasteiger partial charge in [0.25, 0.3) is 0 Å². The molecule has 0 radical (unpaired) electrons. The van der Waals surface area contributed by atoms with E-state index in [2.05, 4.69) is 9.72 Å². The molecule has 110 valence electrons. The van der Waals surface area contributed by atoms with E-state index in [0.717, 1.165) is 10.6 Å². The summed E-state index contributed by atoms with van der Waals surface area (Å²) in [6.45, 7) is 6.48. The van der Waals surface area contributed by atoms with E-state index in [1.807, 2.05) is 20.8 Å². The van der Waals surface area contributed by atoms with Crippen LogP contribution in [0.4, 0.5) is 4.79 Å². The Hall–Kier alpha value is -1.63. The number of amides is 1. The number of carbonyl (C=O) groups excluding carboxylic acids is 2. The molecular weight excluding hydrogens is 280 g/mol. The third-order valence-electron chi connectivity index (χ3n) is 2.74. The van der Waals surface area contributed by atoms with Crippen molar-refractivity contribution in [2.45, 2.75) is 39.3 Å². The number of esters is 1. The fraction of sp³-hybridized carbons (Fsp3) is 0.615. The van der Waals surface area contributed by atoms with Crippen molar-refractivity contribution in [1.82, 2.24) is 9.88 Å². The maximum absolute atomic E-state index is 12.0. The standard InChI is InChI=1S/C13H18N2O4S/c1-13(2,3)19-12(17)15-6-5-8-9(7-15)20-10(14-8)11(16)18-4/h5-7H2,1-4H3. The van der Waals surface area contributed by atoms with Gasteiger partial charge < -0.3 is 14.4 Å². The van der Waals surface area contributed by atoms with Crippen molar-refractivity contribution in [3.8, 4) is 0 Å². The van der Waals surface area contributed by atoms with Crippen molar-refractivity contribution in [2.75, 3.05) is 13.7 Å². The van der Waals surface area contributed by atoms with Crippen molar-refractivity contribution < 1.29 is 19.1 Å². The third kappa shape index (κ3) is 3.27. The summed E-state index contributed by atoms with van der Waals surface area (Å²) in [5.41, 5.74) is 0.359. The summed E-state index contributed by atoms with van der Waals surface area (Å²) in [5, 5.41) is 0.337. The van der Waals surface area contributed by atoms with Gasteiger partial charge in [-0.2, -0.15) is 0 Å². The van der Waals surface area contributed by atoms with Gasteiger partial charge in [-0.15, -0.1) is 11.3 Å². The summed E-state index contributed by atoms with van der Waals surface area (Å²) in [7, 11) is 1.33. The highest BCUT2D eigenvalue weighted by Gasteiger charge is 2.28. The summed E-state index contributed by atoms with van der Waals surface area (Å²) in [6.07, 6.45) is 0.290. The Morgan fingerprint density at radius 2 is 2.05 bits per heavy atom. The first-order chi connectivity index (χ1) is 9.30. The molecule has 7 heteroatoms. The van der Waals surface area contributed by atoms with Gasteiger partial charge in [0.1, 0.15) is 5.60 Å². The molecule has 0 saturated carbocycles. The van der Waals surface area contributed by atoms with Crippen molar-refractivity contribution in [2.24, 2.45) is 0 Å². The van der Waals surface area contributed by atoms with Crippen LogP contribution < -0.4 is 0 Å². The molecule has 20 heavy (non-hydrogen) atoms. The second-order valence-corrected chi connectivity index (χ2v) is 6.62. The second-order valence-electron chi connectivity index (χ2n) is 5.53. The first kappa shape index (κ1) is 14.8. The molecule has 1 aromatic heterocycles. The van der Waals surface area contributed by atoms with Gasteiger partial charge in [0.2, 0.25) is 5.01 Å². The summed E-state index contributed by atoms with van der Waals surface area (Å²) in [6, 6.07) is 0. The van der Waals surface area contributed by atoms with Gasteiger partial charge >= 0.3 is 12.1 Å². The average Bonchev–Trinajstić information content (AvgIpc) is 2.78. The Labute approximate surface area is 121 Å². The van der Waals surface area contributed by atoms with Gasteiger partial charge in [0, 0.05) is 17.8 Å². The fourth-order valence-electron chi connectivity index (χ4n) is 1.85. The van der Waals surface area contributed by atoms with Crippen LogP contribution in [0.2, 0.25) is 0 Å². The lowest BCUT2D eigenvalue weighted by Crippen LogP contribution is -2.39. The minimum atomic E-state index is -0.512. The van der Waals surface area contributed by atoms with Crippen molar-refractivity contribution >= 4 is 23.4 Å². The van der Waals surface area contributed by atoms with E-state index >= 15 is 0 Å². The third-order valence-corrected chi connectivity index (χ3v) is 3.81. The number of carbonyl (C=O) groups is 2. The Kier molecular flexibility index (Phi) is 3.99. The van der Waals surface area contributed by atoms with E-state index < -0.39 is 11.6 Å². The molecule has 0 fully saturated rings. The van der Waals surface area contributed by atoms with Crippen molar-refractivity contribution in [1.29, 1.82) is 0 Å². The molecule has 1 aliphatic heterocycles. The zero-order valence-electron chi connectivity index (χ0n) is 12.1. The smallest absolute Gasteiger partial charge is 0.410 e. The Morgan fingerprint density at radius 3 is 2.65 bits per heavy atom. The molecule has 6 nitrogen and oxygen atoms in total. The quantitative estimate of drug-likeness (QED) is 0.744. The van der Waals surface area contributed by atoms with E-state index in [1.165, 1.54) is 18.4 Å². The highest BCUT2D eigenvalue weighted by Crippen LogP contribution is 2.26. The van der Waals surface area contributed by atoms with E-state index in [0.29, 0.717) is 24.5 Å². The summed E-state index contributed by atoms with van der Waals surface area (Å²) >= 11 is 1.27. The van der Waals surface area contributed by atoms with E-state index in [9.17, 15) is 9.59 Å². The number of hydrogen-bond acceptors (Lipinski definition) is 6. The first-order valence-electron chi connectivity index (χ1n) is 6.35. The fourth-order valence-corrected chi connectivity index (χ4v) is 2.89. The molecule has 0 aromatic carbocycles. The van der Waals surface area contributed by atoms with Gasteiger partial charge in [0.05, 0.1) is 19.3 Å². The average molecular weight is 298 g/mol. The molecule has 0 N–H and O–H groups in total. The van der Waals surface area contributed by atoms with Crippen LogP contribution in [-0.4, -0.2) is 41.2 Å². The first-order valence-corrected chi connectivity index (χ1v) is 7.16. The van der Waals surface area contributed by atoms with Crippen LogP contribution in [0.15, 0.2) is 0 Å². The van der Waals surface area contributed by atoms with Crippen LogP contribution in [0.3, 0.4) is 0 Å². The number of nitrogens with zero attached hydrogens (tertiary/aromatic N) is 2. The van der Waals surface area contributed by atoms with Gasteiger partial charge in [-0.3, -0.25) is 0 Å². The highest BCUT2D eigenvalue weighted by atomic mass is 32.1. The number of aromatic nitrogens is 1.